The highest BCUT2D eigenvalue weighted by molar-refractivity contribution is 5.76. The predicted molar refractivity (Wildman–Crippen MR) is 87.6 cm³/mol. The summed E-state index contributed by atoms with van der Waals surface area (Å²) in [7, 11) is 0. The van der Waals surface area contributed by atoms with Crippen LogP contribution in [0.1, 0.15) is 36.1 Å². The Kier molecular flexibility index (Phi) is 3.35. The first-order valence-corrected chi connectivity index (χ1v) is 8.18. The van der Waals surface area contributed by atoms with E-state index in [2.05, 4.69) is 16.4 Å². The van der Waals surface area contributed by atoms with Gasteiger partial charge in [0.05, 0.1) is 6.26 Å². The summed E-state index contributed by atoms with van der Waals surface area (Å²) in [5.74, 6) is 1.04. The fourth-order valence-electron chi connectivity index (χ4n) is 4.13. The molecule has 23 heavy (non-hydrogen) atoms. The lowest BCUT2D eigenvalue weighted by Crippen LogP contribution is -2.40. The Bertz CT molecular complexity index is 767. The van der Waals surface area contributed by atoms with Gasteiger partial charge in [-0.05, 0) is 68.3 Å². The highest BCUT2D eigenvalue weighted by atomic mass is 16.3. The van der Waals surface area contributed by atoms with E-state index in [9.17, 15) is 5.26 Å². The molecule has 0 radical (unpaired) electrons. The second kappa shape index (κ2) is 5.39. The largest absolute Gasteiger partial charge is 0.464 e. The van der Waals surface area contributed by atoms with Gasteiger partial charge in [-0.1, -0.05) is 0 Å². The van der Waals surface area contributed by atoms with Crippen molar-refractivity contribution in [2.24, 2.45) is 5.41 Å². The van der Waals surface area contributed by atoms with Crippen molar-refractivity contribution in [1.82, 2.24) is 10.3 Å². The van der Waals surface area contributed by atoms with Crippen LogP contribution in [0.2, 0.25) is 0 Å². The molecule has 1 spiro atoms. The molecule has 2 aliphatic rings. The van der Waals surface area contributed by atoms with E-state index in [1.165, 1.54) is 18.4 Å². The minimum atomic E-state index is 0.318. The van der Waals surface area contributed by atoms with Gasteiger partial charge in [0.15, 0.2) is 0 Å². The van der Waals surface area contributed by atoms with Crippen molar-refractivity contribution in [3.8, 4) is 17.4 Å². The van der Waals surface area contributed by atoms with Crippen molar-refractivity contribution >= 4 is 5.82 Å². The fraction of sp³-hybridized carbons (Fsp3) is 0.444. The van der Waals surface area contributed by atoms with E-state index in [-0.39, 0.29) is 0 Å². The van der Waals surface area contributed by atoms with Crippen LogP contribution in [0.3, 0.4) is 0 Å². The van der Waals surface area contributed by atoms with Crippen LogP contribution in [-0.2, 0) is 12.8 Å². The van der Waals surface area contributed by atoms with Gasteiger partial charge in [0.1, 0.15) is 23.2 Å². The quantitative estimate of drug-likeness (QED) is 0.845. The standard InChI is InChI=1S/C18H20N4O/c19-11-13-16(15-2-1-9-23-15)12-10-18(5-7-21-8-6-18)4-3-14(12)22-17(13)20/h1-2,9,21H,3-8,10H2,(H2,20,22). The Morgan fingerprint density at radius 1 is 1.30 bits per heavy atom. The summed E-state index contributed by atoms with van der Waals surface area (Å²) in [5, 5.41) is 13.0. The number of hydrogen-bond acceptors (Lipinski definition) is 5. The van der Waals surface area contributed by atoms with Gasteiger partial charge in [-0.3, -0.25) is 0 Å². The van der Waals surface area contributed by atoms with Crippen LogP contribution in [0, 0.1) is 16.7 Å². The monoisotopic (exact) mass is 308 g/mol. The molecule has 5 nitrogen and oxygen atoms in total. The summed E-state index contributed by atoms with van der Waals surface area (Å²) in [4.78, 5) is 4.53. The van der Waals surface area contributed by atoms with E-state index in [0.717, 1.165) is 49.4 Å². The number of nitrogen functional groups attached to an aromatic ring is 1. The van der Waals surface area contributed by atoms with Gasteiger partial charge in [0.2, 0.25) is 0 Å². The van der Waals surface area contributed by atoms with E-state index in [1.54, 1.807) is 6.26 Å². The molecule has 3 N–H and O–H groups in total. The highest BCUT2D eigenvalue weighted by Crippen LogP contribution is 2.46. The molecule has 5 heteroatoms. The number of nitrogens with one attached hydrogen (secondary N) is 1. The van der Waals surface area contributed by atoms with Crippen LogP contribution < -0.4 is 11.1 Å². The van der Waals surface area contributed by atoms with Crippen LogP contribution in [-0.4, -0.2) is 18.1 Å². The number of aryl methyl sites for hydroxylation is 1. The maximum Gasteiger partial charge on any atom is 0.142 e. The second-order valence-corrected chi connectivity index (χ2v) is 6.69. The molecule has 1 aliphatic carbocycles. The van der Waals surface area contributed by atoms with E-state index in [1.807, 2.05) is 12.1 Å². The molecule has 0 aromatic carbocycles. The van der Waals surface area contributed by atoms with Crippen molar-refractivity contribution in [2.45, 2.75) is 32.1 Å². The van der Waals surface area contributed by atoms with Gasteiger partial charge in [0, 0.05) is 11.3 Å². The first kappa shape index (κ1) is 14.3. The number of nitriles is 1. The molecule has 2 aromatic heterocycles. The Balaban J connectivity index is 1.88. The van der Waals surface area contributed by atoms with Crippen LogP contribution in [0.5, 0.6) is 0 Å². The summed E-state index contributed by atoms with van der Waals surface area (Å²) in [6.45, 7) is 2.14. The molecular formula is C18H20N4O. The maximum absolute atomic E-state index is 9.58. The predicted octanol–water partition coefficient (Wildman–Crippen LogP) is 2.65. The van der Waals surface area contributed by atoms with Gasteiger partial charge >= 0.3 is 0 Å². The number of fused-ring (bicyclic) bond motifs is 1. The fourth-order valence-corrected chi connectivity index (χ4v) is 4.13. The zero-order chi connectivity index (χ0) is 15.9. The number of nitrogens with zero attached hydrogens (tertiary/aromatic N) is 2. The molecule has 4 rings (SSSR count). The number of nitrogens with two attached hydrogens (primary N) is 1. The van der Waals surface area contributed by atoms with Gasteiger partial charge in [-0.2, -0.15) is 5.26 Å². The number of hydrogen-bond donors (Lipinski definition) is 2. The molecular weight excluding hydrogens is 288 g/mol. The third-order valence-electron chi connectivity index (χ3n) is 5.40. The molecule has 0 atom stereocenters. The molecule has 0 unspecified atom stereocenters. The van der Waals surface area contributed by atoms with E-state index in [4.69, 9.17) is 10.2 Å². The summed E-state index contributed by atoms with van der Waals surface area (Å²) < 4.78 is 5.61. The molecule has 0 bridgehead atoms. The molecule has 0 saturated carbocycles. The third kappa shape index (κ3) is 2.30. The number of anilines is 1. The van der Waals surface area contributed by atoms with Gasteiger partial charge in [0.25, 0.3) is 0 Å². The van der Waals surface area contributed by atoms with Crippen molar-refractivity contribution in [3.05, 3.63) is 35.2 Å². The summed E-state index contributed by atoms with van der Waals surface area (Å²) >= 11 is 0. The van der Waals surface area contributed by atoms with Gasteiger partial charge < -0.3 is 15.5 Å². The van der Waals surface area contributed by atoms with E-state index in [0.29, 0.717) is 16.8 Å². The summed E-state index contributed by atoms with van der Waals surface area (Å²) in [6, 6.07) is 5.99. The average Bonchev–Trinajstić information content (AvgIpc) is 3.09. The Morgan fingerprint density at radius 3 is 2.83 bits per heavy atom. The van der Waals surface area contributed by atoms with Gasteiger partial charge in [-0.25, -0.2) is 4.98 Å². The number of rotatable bonds is 1. The van der Waals surface area contributed by atoms with Crippen molar-refractivity contribution in [3.63, 3.8) is 0 Å². The van der Waals surface area contributed by atoms with Crippen LogP contribution in [0.15, 0.2) is 22.8 Å². The number of furan rings is 1. The number of aromatic nitrogens is 1. The first-order valence-electron chi connectivity index (χ1n) is 8.18. The van der Waals surface area contributed by atoms with Crippen molar-refractivity contribution in [1.29, 1.82) is 5.26 Å². The number of piperidine rings is 1. The lowest BCUT2D eigenvalue weighted by molar-refractivity contribution is 0.172. The Labute approximate surface area is 135 Å². The zero-order valence-corrected chi connectivity index (χ0v) is 13.1. The SMILES string of the molecule is N#Cc1c(N)nc2c(c1-c1ccco1)CC1(CCNCC1)CC2. The normalized spacial score (nSPS) is 19.3. The van der Waals surface area contributed by atoms with Crippen LogP contribution in [0.4, 0.5) is 5.82 Å². The van der Waals surface area contributed by atoms with E-state index < -0.39 is 0 Å². The first-order chi connectivity index (χ1) is 11.2. The lowest BCUT2D eigenvalue weighted by atomic mass is 9.66. The molecule has 118 valence electrons. The highest BCUT2D eigenvalue weighted by Gasteiger charge is 2.38. The van der Waals surface area contributed by atoms with Crippen LogP contribution in [0.25, 0.3) is 11.3 Å². The molecule has 2 aromatic rings. The average molecular weight is 308 g/mol. The molecule has 3 heterocycles. The van der Waals surface area contributed by atoms with E-state index >= 15 is 0 Å². The minimum Gasteiger partial charge on any atom is -0.464 e. The summed E-state index contributed by atoms with van der Waals surface area (Å²) in [5.41, 5.74) is 9.88. The van der Waals surface area contributed by atoms with Crippen molar-refractivity contribution < 1.29 is 4.42 Å². The maximum atomic E-state index is 9.58. The molecule has 0 amide bonds. The van der Waals surface area contributed by atoms with Crippen LogP contribution >= 0.6 is 0 Å². The smallest absolute Gasteiger partial charge is 0.142 e. The lowest BCUT2D eigenvalue weighted by Gasteiger charge is -2.41. The molecule has 1 aliphatic heterocycles. The zero-order valence-electron chi connectivity index (χ0n) is 13.1. The Morgan fingerprint density at radius 2 is 2.13 bits per heavy atom. The topological polar surface area (TPSA) is 87.9 Å². The second-order valence-electron chi connectivity index (χ2n) is 6.69. The number of pyridine rings is 1. The van der Waals surface area contributed by atoms with Crippen molar-refractivity contribution in [2.75, 3.05) is 18.8 Å². The molecule has 1 fully saturated rings. The molecule has 1 saturated heterocycles. The Hall–Kier alpha value is -2.32. The third-order valence-corrected chi connectivity index (χ3v) is 5.40. The minimum absolute atomic E-state index is 0.318. The van der Waals surface area contributed by atoms with Gasteiger partial charge in [-0.15, -0.1) is 0 Å². The summed E-state index contributed by atoms with van der Waals surface area (Å²) in [6.07, 6.45) is 7.04.